The topological polar surface area (TPSA) is 88.2 Å². The molecule has 8 heteroatoms. The molecule has 0 unspecified atom stereocenters. The summed E-state index contributed by atoms with van der Waals surface area (Å²) in [5.74, 6) is -1.69. The summed E-state index contributed by atoms with van der Waals surface area (Å²) in [6.45, 7) is 0. The summed E-state index contributed by atoms with van der Waals surface area (Å²) < 4.78 is 38.2. The molecule has 0 aliphatic heterocycles. The van der Waals surface area contributed by atoms with Crippen molar-refractivity contribution in [3.05, 3.63) is 84.3 Å². The molecule has 0 radical (unpaired) electrons. The van der Waals surface area contributed by atoms with E-state index >= 15 is 0 Å². The predicted octanol–water partition coefficient (Wildman–Crippen LogP) is 2.51. The van der Waals surface area contributed by atoms with Crippen molar-refractivity contribution in [2.45, 2.75) is 4.90 Å². The lowest BCUT2D eigenvalue weighted by molar-refractivity contribution is 0.0941. The third kappa shape index (κ3) is 3.93. The number of rotatable bonds is 5. The molecule has 0 aliphatic carbocycles. The van der Waals surface area contributed by atoms with Gasteiger partial charge in [0, 0.05) is 11.8 Å². The van der Waals surface area contributed by atoms with Gasteiger partial charge in [-0.25, -0.2) is 12.8 Å². The second kappa shape index (κ2) is 7.42. The zero-order chi connectivity index (χ0) is 18.6. The first-order valence-corrected chi connectivity index (χ1v) is 9.04. The second-order valence-electron chi connectivity index (χ2n) is 5.28. The predicted molar refractivity (Wildman–Crippen MR) is 93.9 cm³/mol. The van der Waals surface area contributed by atoms with Crippen LogP contribution in [0.15, 0.2) is 77.8 Å². The Bertz CT molecular complexity index is 1030. The van der Waals surface area contributed by atoms with Crippen molar-refractivity contribution in [3.63, 3.8) is 0 Å². The second-order valence-corrected chi connectivity index (χ2v) is 6.96. The maximum Gasteiger partial charge on any atom is 0.269 e. The van der Waals surface area contributed by atoms with E-state index in [1.54, 1.807) is 42.6 Å². The van der Waals surface area contributed by atoms with Gasteiger partial charge >= 0.3 is 0 Å². The van der Waals surface area contributed by atoms with Crippen LogP contribution in [-0.2, 0) is 10.0 Å². The van der Waals surface area contributed by atoms with E-state index in [1.165, 1.54) is 24.3 Å². The molecule has 3 aromatic rings. The van der Waals surface area contributed by atoms with Crippen LogP contribution in [-0.4, -0.2) is 19.3 Å². The lowest BCUT2D eigenvalue weighted by Gasteiger charge is -2.10. The molecule has 0 saturated carbocycles. The molecule has 0 aliphatic rings. The van der Waals surface area contributed by atoms with E-state index in [4.69, 9.17) is 0 Å². The highest BCUT2D eigenvalue weighted by Crippen LogP contribution is 2.20. The number of hydrogen-bond donors (Lipinski definition) is 2. The number of carbonyl (C=O) groups excluding carboxylic acids is 1. The van der Waals surface area contributed by atoms with E-state index in [9.17, 15) is 17.6 Å². The highest BCUT2D eigenvalue weighted by molar-refractivity contribution is 7.89. The number of carbonyl (C=O) groups is 1. The van der Waals surface area contributed by atoms with Crippen LogP contribution in [0.1, 0.15) is 10.4 Å². The SMILES string of the molecule is O=C(NNS(=O)(=O)c1ccccc1)c1cc(-c2ccccn2)ccc1F. The number of hydrogen-bond acceptors (Lipinski definition) is 4. The van der Waals surface area contributed by atoms with E-state index in [0.29, 0.717) is 11.3 Å². The van der Waals surface area contributed by atoms with Gasteiger partial charge in [0.15, 0.2) is 0 Å². The number of amides is 1. The molecule has 0 bridgehead atoms. The zero-order valence-corrected chi connectivity index (χ0v) is 14.2. The molecular weight excluding hydrogens is 357 g/mol. The zero-order valence-electron chi connectivity index (χ0n) is 13.4. The van der Waals surface area contributed by atoms with Crippen LogP contribution < -0.4 is 10.3 Å². The van der Waals surface area contributed by atoms with Crippen LogP contribution in [0, 0.1) is 5.82 Å². The number of halogens is 1. The van der Waals surface area contributed by atoms with Crippen molar-refractivity contribution in [1.82, 2.24) is 15.2 Å². The highest BCUT2D eigenvalue weighted by atomic mass is 32.2. The molecule has 3 rings (SSSR count). The molecule has 2 aromatic carbocycles. The number of sulfonamides is 1. The van der Waals surface area contributed by atoms with Gasteiger partial charge < -0.3 is 0 Å². The van der Waals surface area contributed by atoms with Gasteiger partial charge in [0.1, 0.15) is 5.82 Å². The van der Waals surface area contributed by atoms with Crippen LogP contribution in [0.3, 0.4) is 0 Å². The molecule has 0 spiro atoms. The number of benzene rings is 2. The van der Waals surface area contributed by atoms with E-state index < -0.39 is 21.7 Å². The van der Waals surface area contributed by atoms with Gasteiger partial charge in [0.2, 0.25) is 0 Å². The van der Waals surface area contributed by atoms with Crippen LogP contribution in [0.25, 0.3) is 11.3 Å². The highest BCUT2D eigenvalue weighted by Gasteiger charge is 2.18. The largest absolute Gasteiger partial charge is 0.273 e. The van der Waals surface area contributed by atoms with Gasteiger partial charge in [0.05, 0.1) is 16.2 Å². The van der Waals surface area contributed by atoms with Gasteiger partial charge in [-0.3, -0.25) is 15.2 Å². The molecule has 0 atom stereocenters. The van der Waals surface area contributed by atoms with Crippen molar-refractivity contribution >= 4 is 15.9 Å². The van der Waals surface area contributed by atoms with Gasteiger partial charge in [-0.15, -0.1) is 4.83 Å². The van der Waals surface area contributed by atoms with E-state index in [2.05, 4.69) is 4.98 Å². The summed E-state index contributed by atoms with van der Waals surface area (Å²) in [7, 11) is -3.96. The van der Waals surface area contributed by atoms with Crippen molar-refractivity contribution < 1.29 is 17.6 Å². The van der Waals surface area contributed by atoms with Crippen molar-refractivity contribution in [2.24, 2.45) is 0 Å². The summed E-state index contributed by atoms with van der Waals surface area (Å²) in [6.07, 6.45) is 1.58. The Balaban J connectivity index is 1.80. The lowest BCUT2D eigenvalue weighted by atomic mass is 10.1. The lowest BCUT2D eigenvalue weighted by Crippen LogP contribution is -2.41. The number of aromatic nitrogens is 1. The normalized spacial score (nSPS) is 11.1. The maximum atomic E-state index is 14.0. The molecule has 1 aromatic heterocycles. The molecule has 26 heavy (non-hydrogen) atoms. The molecule has 132 valence electrons. The minimum atomic E-state index is -3.96. The van der Waals surface area contributed by atoms with Crippen molar-refractivity contribution in [3.8, 4) is 11.3 Å². The third-order valence-corrected chi connectivity index (χ3v) is 4.79. The van der Waals surface area contributed by atoms with E-state index in [1.807, 2.05) is 10.3 Å². The monoisotopic (exact) mass is 371 g/mol. The quantitative estimate of drug-likeness (QED) is 0.675. The van der Waals surface area contributed by atoms with Crippen LogP contribution in [0.4, 0.5) is 4.39 Å². The van der Waals surface area contributed by atoms with Crippen LogP contribution in [0.5, 0.6) is 0 Å². The maximum absolute atomic E-state index is 14.0. The average Bonchev–Trinajstić information content (AvgIpc) is 2.68. The van der Waals surface area contributed by atoms with E-state index in [0.717, 1.165) is 6.07 Å². The van der Waals surface area contributed by atoms with Crippen molar-refractivity contribution in [2.75, 3.05) is 0 Å². The molecule has 1 amide bonds. The molecule has 1 heterocycles. The molecule has 0 saturated heterocycles. The summed E-state index contributed by atoms with van der Waals surface area (Å²) >= 11 is 0. The standard InChI is InChI=1S/C18H14FN3O3S/c19-16-10-9-13(17-8-4-5-11-20-17)12-15(16)18(23)21-22-26(24,25)14-6-2-1-3-7-14/h1-12,22H,(H,21,23). The number of hydrazine groups is 1. The number of pyridine rings is 1. The van der Waals surface area contributed by atoms with Crippen LogP contribution in [0.2, 0.25) is 0 Å². The van der Waals surface area contributed by atoms with E-state index in [-0.39, 0.29) is 10.5 Å². The van der Waals surface area contributed by atoms with Crippen LogP contribution >= 0.6 is 0 Å². The fourth-order valence-electron chi connectivity index (χ4n) is 2.23. The Morgan fingerprint density at radius 3 is 2.38 bits per heavy atom. The summed E-state index contributed by atoms with van der Waals surface area (Å²) in [4.78, 5) is 18.3. The Morgan fingerprint density at radius 1 is 0.962 bits per heavy atom. The Morgan fingerprint density at radius 2 is 1.69 bits per heavy atom. The smallest absolute Gasteiger partial charge is 0.269 e. The van der Waals surface area contributed by atoms with Gasteiger partial charge in [0.25, 0.3) is 15.9 Å². The first-order chi connectivity index (χ1) is 12.5. The molecular formula is C18H14FN3O3S. The summed E-state index contributed by atoms with van der Waals surface area (Å²) in [6, 6.07) is 16.6. The number of nitrogens with zero attached hydrogens (tertiary/aromatic N) is 1. The molecule has 0 fully saturated rings. The Kier molecular flexibility index (Phi) is 5.06. The Labute approximate surface area is 149 Å². The first kappa shape index (κ1) is 17.7. The summed E-state index contributed by atoms with van der Waals surface area (Å²) in [5.41, 5.74) is 2.81. The fourth-order valence-corrected chi connectivity index (χ4v) is 3.09. The molecule has 6 nitrogen and oxygen atoms in total. The van der Waals surface area contributed by atoms with Gasteiger partial charge in [-0.2, -0.15) is 0 Å². The molecule has 2 N–H and O–H groups in total. The van der Waals surface area contributed by atoms with Gasteiger partial charge in [-0.1, -0.05) is 24.3 Å². The fraction of sp³-hybridized carbons (Fsp3) is 0. The Hall–Kier alpha value is -3.10. The first-order valence-electron chi connectivity index (χ1n) is 7.55. The minimum absolute atomic E-state index is 0.0250. The third-order valence-electron chi connectivity index (χ3n) is 3.52. The van der Waals surface area contributed by atoms with Crippen molar-refractivity contribution in [1.29, 1.82) is 0 Å². The minimum Gasteiger partial charge on any atom is -0.273 e. The average molecular weight is 371 g/mol. The number of nitrogens with one attached hydrogen (secondary N) is 2. The van der Waals surface area contributed by atoms with Gasteiger partial charge in [-0.05, 0) is 42.5 Å². The summed E-state index contributed by atoms with van der Waals surface area (Å²) in [5, 5.41) is 0.